The summed E-state index contributed by atoms with van der Waals surface area (Å²) < 4.78 is 0. The molecule has 2 saturated heterocycles. The second-order valence-corrected chi connectivity index (χ2v) is 4.48. The second kappa shape index (κ2) is 6.46. The predicted octanol–water partition coefficient (Wildman–Crippen LogP) is 1.80. The summed E-state index contributed by atoms with van der Waals surface area (Å²) in [6.45, 7) is 15.0. The van der Waals surface area contributed by atoms with E-state index in [0.29, 0.717) is 5.41 Å². The van der Waals surface area contributed by atoms with E-state index in [1.807, 2.05) is 32.7 Å². The minimum absolute atomic E-state index is 0.476. The minimum Gasteiger partial charge on any atom is -0.305 e. The molecule has 0 spiro atoms. The Balaban J connectivity index is 0.000000442. The van der Waals surface area contributed by atoms with Gasteiger partial charge in [0.05, 0.1) is 0 Å². The van der Waals surface area contributed by atoms with Crippen molar-refractivity contribution in [2.24, 2.45) is 17.2 Å². The molecule has 0 aliphatic carbocycles. The van der Waals surface area contributed by atoms with Crippen molar-refractivity contribution in [3.63, 3.8) is 0 Å². The third-order valence-corrected chi connectivity index (χ3v) is 3.17. The Morgan fingerprint density at radius 3 is 2.07 bits per heavy atom. The standard InChI is InChI=1S/C8H17N3.2C2H6/c1-8-5-10(2)3-7(8)4-11(9)6-8;2*1-2/h7H,3-6,9H2,1-2H3;2*1-2H3/t7?,8-;;/m1../s1. The molecular formula is C12H29N3. The van der Waals surface area contributed by atoms with Crippen LogP contribution in [0.25, 0.3) is 0 Å². The van der Waals surface area contributed by atoms with Gasteiger partial charge in [0, 0.05) is 26.2 Å². The van der Waals surface area contributed by atoms with Crippen LogP contribution in [0.15, 0.2) is 0 Å². The zero-order valence-corrected chi connectivity index (χ0v) is 11.4. The zero-order chi connectivity index (χ0) is 12.1. The topological polar surface area (TPSA) is 32.5 Å². The monoisotopic (exact) mass is 215 g/mol. The van der Waals surface area contributed by atoms with E-state index in [2.05, 4.69) is 18.9 Å². The van der Waals surface area contributed by atoms with Crippen LogP contribution in [0.5, 0.6) is 0 Å². The number of likely N-dealkylation sites (tertiary alicyclic amines) is 1. The van der Waals surface area contributed by atoms with Gasteiger partial charge in [-0.1, -0.05) is 34.6 Å². The van der Waals surface area contributed by atoms with E-state index < -0.39 is 0 Å². The van der Waals surface area contributed by atoms with Gasteiger partial charge in [0.25, 0.3) is 0 Å². The highest BCUT2D eigenvalue weighted by Crippen LogP contribution is 2.39. The molecule has 0 bridgehead atoms. The van der Waals surface area contributed by atoms with Crippen molar-refractivity contribution in [1.82, 2.24) is 9.91 Å². The molecule has 0 saturated carbocycles. The van der Waals surface area contributed by atoms with Crippen LogP contribution < -0.4 is 5.84 Å². The molecule has 2 rings (SSSR count). The predicted molar refractivity (Wildman–Crippen MR) is 67.6 cm³/mol. The number of hydrogen-bond acceptors (Lipinski definition) is 3. The molecule has 2 atom stereocenters. The summed E-state index contributed by atoms with van der Waals surface area (Å²) in [5.74, 6) is 6.57. The lowest BCUT2D eigenvalue weighted by Crippen LogP contribution is -2.34. The van der Waals surface area contributed by atoms with E-state index in [1.54, 1.807) is 0 Å². The van der Waals surface area contributed by atoms with Crippen molar-refractivity contribution in [3.05, 3.63) is 0 Å². The van der Waals surface area contributed by atoms with Crippen molar-refractivity contribution < 1.29 is 0 Å². The first kappa shape index (κ1) is 14.9. The van der Waals surface area contributed by atoms with Gasteiger partial charge in [0.1, 0.15) is 0 Å². The number of nitrogens with two attached hydrogens (primary N) is 1. The third kappa shape index (κ3) is 3.44. The van der Waals surface area contributed by atoms with E-state index in [0.717, 1.165) is 19.0 Å². The quantitative estimate of drug-likeness (QED) is 0.625. The van der Waals surface area contributed by atoms with Gasteiger partial charge in [-0.25, -0.2) is 5.01 Å². The summed E-state index contributed by atoms with van der Waals surface area (Å²) in [5.41, 5.74) is 0.476. The van der Waals surface area contributed by atoms with Gasteiger partial charge >= 0.3 is 0 Å². The van der Waals surface area contributed by atoms with Gasteiger partial charge < -0.3 is 4.90 Å². The SMILES string of the molecule is CC.CC.CN1CC2CN(N)C[C@@]2(C)C1. The Bertz CT molecular complexity index is 156. The molecule has 3 heteroatoms. The number of nitrogens with zero attached hydrogens (tertiary/aromatic N) is 2. The smallest absolute Gasteiger partial charge is 0.0198 e. The van der Waals surface area contributed by atoms with Gasteiger partial charge in [-0.15, -0.1) is 0 Å². The lowest BCUT2D eigenvalue weighted by Gasteiger charge is -2.21. The van der Waals surface area contributed by atoms with E-state index >= 15 is 0 Å². The van der Waals surface area contributed by atoms with Crippen molar-refractivity contribution in [1.29, 1.82) is 0 Å². The van der Waals surface area contributed by atoms with Gasteiger partial charge in [0.2, 0.25) is 0 Å². The molecule has 2 heterocycles. The Labute approximate surface area is 95.6 Å². The van der Waals surface area contributed by atoms with E-state index in [9.17, 15) is 0 Å². The van der Waals surface area contributed by atoms with Gasteiger partial charge in [-0.2, -0.15) is 0 Å². The molecule has 92 valence electrons. The van der Waals surface area contributed by atoms with Crippen molar-refractivity contribution >= 4 is 0 Å². The van der Waals surface area contributed by atoms with E-state index in [4.69, 9.17) is 5.84 Å². The molecule has 2 aliphatic heterocycles. The summed E-state index contributed by atoms with van der Waals surface area (Å²) in [6.07, 6.45) is 0. The molecule has 3 nitrogen and oxygen atoms in total. The normalized spacial score (nSPS) is 35.0. The van der Waals surface area contributed by atoms with E-state index in [-0.39, 0.29) is 0 Å². The summed E-state index contributed by atoms with van der Waals surface area (Å²) >= 11 is 0. The number of hydrogen-bond donors (Lipinski definition) is 1. The average Bonchev–Trinajstić information content (AvgIpc) is 2.60. The Kier molecular flexibility index (Phi) is 6.41. The molecule has 0 aromatic carbocycles. The van der Waals surface area contributed by atoms with Crippen LogP contribution in [-0.4, -0.2) is 43.1 Å². The Morgan fingerprint density at radius 1 is 1.07 bits per heavy atom. The van der Waals surface area contributed by atoms with Crippen LogP contribution in [-0.2, 0) is 0 Å². The molecule has 15 heavy (non-hydrogen) atoms. The zero-order valence-electron chi connectivity index (χ0n) is 11.4. The minimum atomic E-state index is 0.476. The Morgan fingerprint density at radius 2 is 1.60 bits per heavy atom. The summed E-state index contributed by atoms with van der Waals surface area (Å²) in [5, 5.41) is 1.97. The molecule has 1 unspecified atom stereocenters. The highest BCUT2D eigenvalue weighted by Gasteiger charge is 2.47. The fraction of sp³-hybridized carbons (Fsp3) is 1.00. The highest BCUT2D eigenvalue weighted by molar-refractivity contribution is 4.99. The maximum absolute atomic E-state index is 5.77. The second-order valence-electron chi connectivity index (χ2n) is 4.48. The summed E-state index contributed by atoms with van der Waals surface area (Å²) in [4.78, 5) is 2.41. The lowest BCUT2D eigenvalue weighted by molar-refractivity contribution is 0.248. The summed E-state index contributed by atoms with van der Waals surface area (Å²) in [6, 6.07) is 0. The van der Waals surface area contributed by atoms with Crippen molar-refractivity contribution in [2.75, 3.05) is 33.2 Å². The molecule has 2 N–H and O–H groups in total. The van der Waals surface area contributed by atoms with Crippen LogP contribution in [0.1, 0.15) is 34.6 Å². The number of fused-ring (bicyclic) bond motifs is 1. The van der Waals surface area contributed by atoms with Gasteiger partial charge in [-0.3, -0.25) is 5.84 Å². The van der Waals surface area contributed by atoms with Crippen LogP contribution in [0, 0.1) is 11.3 Å². The van der Waals surface area contributed by atoms with E-state index in [1.165, 1.54) is 13.1 Å². The van der Waals surface area contributed by atoms with Crippen molar-refractivity contribution in [3.8, 4) is 0 Å². The summed E-state index contributed by atoms with van der Waals surface area (Å²) in [7, 11) is 2.20. The first-order valence-electron chi connectivity index (χ1n) is 6.28. The first-order chi connectivity index (χ1) is 7.10. The van der Waals surface area contributed by atoms with Crippen LogP contribution in [0.2, 0.25) is 0 Å². The lowest BCUT2D eigenvalue weighted by atomic mass is 9.83. The molecule has 2 aliphatic rings. The number of rotatable bonds is 0. The van der Waals surface area contributed by atoms with Crippen LogP contribution in [0.4, 0.5) is 0 Å². The van der Waals surface area contributed by atoms with Gasteiger partial charge in [0.15, 0.2) is 0 Å². The molecular weight excluding hydrogens is 186 g/mol. The molecule has 0 amide bonds. The third-order valence-electron chi connectivity index (χ3n) is 3.17. The van der Waals surface area contributed by atoms with Crippen molar-refractivity contribution in [2.45, 2.75) is 34.6 Å². The average molecular weight is 215 g/mol. The molecule has 2 fully saturated rings. The maximum Gasteiger partial charge on any atom is 0.0198 e. The van der Waals surface area contributed by atoms with Crippen LogP contribution in [0.3, 0.4) is 0 Å². The highest BCUT2D eigenvalue weighted by atomic mass is 15.4. The first-order valence-corrected chi connectivity index (χ1v) is 6.28. The number of hydrazine groups is 1. The molecule has 0 aromatic rings. The van der Waals surface area contributed by atoms with Crippen LogP contribution >= 0.6 is 0 Å². The fourth-order valence-electron chi connectivity index (χ4n) is 2.68. The fourth-order valence-corrected chi connectivity index (χ4v) is 2.68. The Hall–Kier alpha value is -0.120. The van der Waals surface area contributed by atoms with Gasteiger partial charge in [-0.05, 0) is 18.4 Å². The largest absolute Gasteiger partial charge is 0.305 e. The molecule has 0 aromatic heterocycles. The molecule has 0 radical (unpaired) electrons. The maximum atomic E-state index is 5.77.